The lowest BCUT2D eigenvalue weighted by Gasteiger charge is -2.31. The molecule has 3 amide bonds. The molecule has 0 fully saturated rings. The number of phenolic OH excluding ortho intramolecular Hbond substituents is 1. The van der Waals surface area contributed by atoms with Crippen molar-refractivity contribution in [1.29, 1.82) is 0 Å². The van der Waals surface area contributed by atoms with Crippen molar-refractivity contribution in [1.82, 2.24) is 15.5 Å². The van der Waals surface area contributed by atoms with E-state index < -0.39 is 35.6 Å². The van der Waals surface area contributed by atoms with Crippen molar-refractivity contribution in [3.8, 4) is 18.2 Å². The Balaban J connectivity index is 3.33. The lowest BCUT2D eigenvalue weighted by Crippen LogP contribution is -2.52. The van der Waals surface area contributed by atoms with Crippen LogP contribution in [0.25, 0.3) is 0 Å². The molecule has 8 heteroatoms. The number of carbonyl (C=O) groups excluding carboxylic acids is 3. The lowest BCUT2D eigenvalue weighted by molar-refractivity contribution is -0.139. The summed E-state index contributed by atoms with van der Waals surface area (Å²) in [5.74, 6) is -1.02. The summed E-state index contributed by atoms with van der Waals surface area (Å²) in [4.78, 5) is 39.8. The normalized spacial score (nSPS) is 13.1. The number of nitrogens with zero attached hydrogens (tertiary/aromatic N) is 1. The van der Waals surface area contributed by atoms with Crippen molar-refractivity contribution in [2.45, 2.75) is 78.6 Å². The highest BCUT2D eigenvalue weighted by atomic mass is 16.6. The summed E-state index contributed by atoms with van der Waals surface area (Å²) in [5, 5.41) is 15.0. The molecule has 0 aliphatic heterocycles. The Hall–Kier alpha value is -3.21. The first-order valence-electron chi connectivity index (χ1n) is 10.6. The molecule has 1 aromatic carbocycles. The molecule has 0 radical (unpaired) electrons. The van der Waals surface area contributed by atoms with Crippen LogP contribution in [0.15, 0.2) is 24.3 Å². The van der Waals surface area contributed by atoms with Crippen molar-refractivity contribution in [3.05, 3.63) is 29.8 Å². The Kier molecular flexibility index (Phi) is 9.57. The van der Waals surface area contributed by atoms with Crippen LogP contribution in [0.2, 0.25) is 0 Å². The minimum absolute atomic E-state index is 0.0135. The fourth-order valence-electron chi connectivity index (χ4n) is 3.01. The monoisotopic (exact) mass is 445 g/mol. The first-order valence-corrected chi connectivity index (χ1v) is 10.6. The average molecular weight is 446 g/mol. The predicted octanol–water partition coefficient (Wildman–Crippen LogP) is 3.32. The molecule has 32 heavy (non-hydrogen) atoms. The predicted molar refractivity (Wildman–Crippen MR) is 122 cm³/mol. The molecular weight excluding hydrogens is 410 g/mol. The molecule has 3 N–H and O–H groups in total. The van der Waals surface area contributed by atoms with Gasteiger partial charge in [-0.15, -0.1) is 0 Å². The number of hydrogen-bond acceptors (Lipinski definition) is 5. The molecule has 1 aromatic rings. The van der Waals surface area contributed by atoms with Crippen LogP contribution in [0.1, 0.15) is 66.5 Å². The fourth-order valence-corrected chi connectivity index (χ4v) is 3.01. The van der Waals surface area contributed by atoms with E-state index in [0.717, 1.165) is 4.90 Å². The number of rotatable bonds is 8. The standard InChI is InChI=1S/C24H35N3O5/c1-9-27(20(21(29)25-16(4)5)17-10-12-18(28)13-11-17)22(30)19(14-15(2)3)26-23(31)32-24(6,7)8/h1,10-13,15-16,19-20,28H,14H2,2-8H3,(H,25,29)(H,26,31). The second-order valence-corrected chi connectivity index (χ2v) is 9.32. The highest BCUT2D eigenvalue weighted by molar-refractivity contribution is 5.93. The first kappa shape index (κ1) is 26.8. The topological polar surface area (TPSA) is 108 Å². The van der Waals surface area contributed by atoms with E-state index in [2.05, 4.69) is 16.7 Å². The summed E-state index contributed by atoms with van der Waals surface area (Å²) in [5.41, 5.74) is -0.319. The third-order valence-corrected chi connectivity index (χ3v) is 4.22. The molecule has 0 bridgehead atoms. The van der Waals surface area contributed by atoms with E-state index in [0.29, 0.717) is 12.0 Å². The number of aromatic hydroxyl groups is 1. The zero-order chi connectivity index (χ0) is 24.6. The van der Waals surface area contributed by atoms with E-state index >= 15 is 0 Å². The maximum absolute atomic E-state index is 13.5. The van der Waals surface area contributed by atoms with Gasteiger partial charge in [-0.05, 0) is 64.7 Å². The summed E-state index contributed by atoms with van der Waals surface area (Å²) >= 11 is 0. The summed E-state index contributed by atoms with van der Waals surface area (Å²) in [6.07, 6.45) is 5.24. The molecule has 0 heterocycles. The van der Waals surface area contributed by atoms with Crippen LogP contribution in [-0.4, -0.2) is 45.6 Å². The Bertz CT molecular complexity index is 835. The number of phenols is 1. The molecule has 2 unspecified atom stereocenters. The van der Waals surface area contributed by atoms with Crippen LogP contribution in [0.4, 0.5) is 4.79 Å². The Morgan fingerprint density at radius 2 is 1.66 bits per heavy atom. The van der Waals surface area contributed by atoms with Crippen LogP contribution in [0.3, 0.4) is 0 Å². The van der Waals surface area contributed by atoms with Gasteiger partial charge in [0.15, 0.2) is 0 Å². The summed E-state index contributed by atoms with van der Waals surface area (Å²) in [6.45, 7) is 12.5. The van der Waals surface area contributed by atoms with Crippen LogP contribution < -0.4 is 10.6 Å². The third-order valence-electron chi connectivity index (χ3n) is 4.22. The van der Waals surface area contributed by atoms with E-state index in [-0.39, 0.29) is 17.7 Å². The summed E-state index contributed by atoms with van der Waals surface area (Å²) in [7, 11) is 0. The largest absolute Gasteiger partial charge is 0.508 e. The van der Waals surface area contributed by atoms with Gasteiger partial charge >= 0.3 is 6.09 Å². The molecule has 176 valence electrons. The van der Waals surface area contributed by atoms with Crippen molar-refractivity contribution >= 4 is 17.9 Å². The number of carbonyl (C=O) groups is 3. The Morgan fingerprint density at radius 3 is 2.09 bits per heavy atom. The minimum atomic E-state index is -1.15. The van der Waals surface area contributed by atoms with E-state index in [1.807, 2.05) is 13.8 Å². The second-order valence-electron chi connectivity index (χ2n) is 9.32. The van der Waals surface area contributed by atoms with Crippen LogP contribution in [-0.2, 0) is 14.3 Å². The highest BCUT2D eigenvalue weighted by Gasteiger charge is 2.36. The number of amides is 3. The minimum Gasteiger partial charge on any atom is -0.508 e. The number of hydrogen-bond donors (Lipinski definition) is 3. The Labute approximate surface area is 190 Å². The van der Waals surface area contributed by atoms with E-state index in [1.54, 1.807) is 34.6 Å². The number of benzene rings is 1. The molecule has 0 aliphatic carbocycles. The highest BCUT2D eigenvalue weighted by Crippen LogP contribution is 2.25. The van der Waals surface area contributed by atoms with Gasteiger partial charge in [-0.3, -0.25) is 14.5 Å². The SMILES string of the molecule is C#CN(C(=O)C(CC(C)C)NC(=O)OC(C)(C)C)C(C(=O)NC(C)C)c1ccc(O)cc1. The number of ether oxygens (including phenoxy) is 1. The number of nitrogens with one attached hydrogen (secondary N) is 2. The lowest BCUT2D eigenvalue weighted by atomic mass is 9.99. The molecular formula is C24H35N3O5. The maximum Gasteiger partial charge on any atom is 0.408 e. The van der Waals surface area contributed by atoms with Gasteiger partial charge < -0.3 is 20.5 Å². The van der Waals surface area contributed by atoms with Gasteiger partial charge in [-0.25, -0.2) is 4.79 Å². The van der Waals surface area contributed by atoms with Gasteiger partial charge in [-0.1, -0.05) is 32.4 Å². The fraction of sp³-hybridized carbons (Fsp3) is 0.542. The third kappa shape index (κ3) is 8.50. The molecule has 0 saturated heterocycles. The summed E-state index contributed by atoms with van der Waals surface area (Å²) in [6, 6.07) is 5.85. The van der Waals surface area contributed by atoms with E-state index in [1.165, 1.54) is 24.3 Å². The van der Waals surface area contributed by atoms with Crippen LogP contribution in [0, 0.1) is 18.4 Å². The second kappa shape index (κ2) is 11.4. The molecule has 1 rings (SSSR count). The number of terminal acetylenes is 1. The molecule has 0 saturated carbocycles. The van der Waals surface area contributed by atoms with Crippen LogP contribution in [0.5, 0.6) is 5.75 Å². The molecule has 0 aliphatic rings. The van der Waals surface area contributed by atoms with Gasteiger partial charge in [0.2, 0.25) is 5.91 Å². The van der Waals surface area contributed by atoms with E-state index in [9.17, 15) is 19.5 Å². The molecule has 8 nitrogen and oxygen atoms in total. The van der Waals surface area contributed by atoms with Crippen LogP contribution >= 0.6 is 0 Å². The van der Waals surface area contributed by atoms with Crippen molar-refractivity contribution in [2.75, 3.05) is 0 Å². The zero-order valence-corrected chi connectivity index (χ0v) is 19.9. The van der Waals surface area contributed by atoms with Crippen molar-refractivity contribution in [3.63, 3.8) is 0 Å². The number of alkyl carbamates (subject to hydrolysis) is 1. The van der Waals surface area contributed by atoms with Gasteiger partial charge in [-0.2, -0.15) is 0 Å². The molecule has 2 atom stereocenters. The quantitative estimate of drug-likeness (QED) is 0.420. The molecule has 0 aromatic heterocycles. The smallest absolute Gasteiger partial charge is 0.408 e. The van der Waals surface area contributed by atoms with Gasteiger partial charge in [0, 0.05) is 12.1 Å². The molecule has 0 spiro atoms. The van der Waals surface area contributed by atoms with E-state index in [4.69, 9.17) is 11.2 Å². The van der Waals surface area contributed by atoms with Crippen molar-refractivity contribution < 1.29 is 24.2 Å². The van der Waals surface area contributed by atoms with Gasteiger partial charge in [0.05, 0.1) is 0 Å². The summed E-state index contributed by atoms with van der Waals surface area (Å²) < 4.78 is 5.29. The Morgan fingerprint density at radius 1 is 1.09 bits per heavy atom. The zero-order valence-electron chi connectivity index (χ0n) is 19.9. The van der Waals surface area contributed by atoms with Gasteiger partial charge in [0.25, 0.3) is 5.91 Å². The average Bonchev–Trinajstić information content (AvgIpc) is 2.63. The first-order chi connectivity index (χ1) is 14.7. The maximum atomic E-state index is 13.5. The van der Waals surface area contributed by atoms with Crippen molar-refractivity contribution in [2.24, 2.45) is 5.92 Å². The van der Waals surface area contributed by atoms with Gasteiger partial charge in [0.1, 0.15) is 23.4 Å².